The van der Waals surface area contributed by atoms with E-state index in [1.54, 1.807) is 0 Å². The van der Waals surface area contributed by atoms with Crippen LogP contribution >= 0.6 is 0 Å². The summed E-state index contributed by atoms with van der Waals surface area (Å²) in [5.41, 5.74) is 4.80. The Balaban J connectivity index is 1.25. The van der Waals surface area contributed by atoms with E-state index in [4.69, 9.17) is 0 Å². The molecule has 2 saturated carbocycles. The number of carbonyl (C=O) groups is 2. The highest BCUT2D eigenvalue weighted by Crippen LogP contribution is 2.49. The van der Waals surface area contributed by atoms with Gasteiger partial charge in [-0.05, 0) is 60.4 Å². The molecular formula is C27H26N2O2. The van der Waals surface area contributed by atoms with Crippen LogP contribution in [0.3, 0.4) is 0 Å². The molecule has 3 aromatic carbocycles. The van der Waals surface area contributed by atoms with Gasteiger partial charge in [-0.25, -0.2) is 0 Å². The number of hydrogen-bond donors (Lipinski definition) is 2. The van der Waals surface area contributed by atoms with Gasteiger partial charge in [0.1, 0.15) is 0 Å². The van der Waals surface area contributed by atoms with Crippen molar-refractivity contribution < 1.29 is 9.59 Å². The predicted octanol–water partition coefficient (Wildman–Crippen LogP) is 5.48. The number of amides is 2. The third kappa shape index (κ3) is 4.24. The summed E-state index contributed by atoms with van der Waals surface area (Å²) in [5, 5.41) is 6.12. The molecule has 2 amide bonds. The lowest BCUT2D eigenvalue weighted by Gasteiger charge is -2.14. The molecule has 2 aliphatic rings. The number of anilines is 2. The van der Waals surface area contributed by atoms with E-state index < -0.39 is 0 Å². The number of rotatable bonds is 6. The fourth-order valence-corrected chi connectivity index (χ4v) is 4.43. The predicted molar refractivity (Wildman–Crippen MR) is 123 cm³/mol. The molecule has 2 N–H and O–H groups in total. The first-order chi connectivity index (χ1) is 15.1. The molecule has 2 aliphatic carbocycles. The minimum atomic E-state index is -0.0163. The molecule has 2 fully saturated rings. The van der Waals surface area contributed by atoms with Crippen molar-refractivity contribution in [3.05, 3.63) is 95.6 Å². The lowest BCUT2D eigenvalue weighted by Crippen LogP contribution is -2.19. The fraction of sp³-hybridized carbons (Fsp3) is 0.259. The van der Waals surface area contributed by atoms with Crippen LogP contribution in [0.5, 0.6) is 0 Å². The molecule has 0 spiro atoms. The molecule has 5 rings (SSSR count). The van der Waals surface area contributed by atoms with E-state index in [9.17, 15) is 9.59 Å². The van der Waals surface area contributed by atoms with Crippen molar-refractivity contribution in [3.8, 4) is 0 Å². The largest absolute Gasteiger partial charge is 0.324 e. The molecule has 4 heteroatoms. The monoisotopic (exact) mass is 410 g/mol. The van der Waals surface area contributed by atoms with Crippen LogP contribution in [0.25, 0.3) is 0 Å². The van der Waals surface area contributed by atoms with Crippen molar-refractivity contribution in [3.63, 3.8) is 0 Å². The summed E-state index contributed by atoms with van der Waals surface area (Å²) in [4.78, 5) is 25.7. The Labute approximate surface area is 182 Å². The Morgan fingerprint density at radius 3 is 1.68 bits per heavy atom. The van der Waals surface area contributed by atoms with Gasteiger partial charge in [0.15, 0.2) is 0 Å². The zero-order valence-electron chi connectivity index (χ0n) is 17.5. The van der Waals surface area contributed by atoms with Gasteiger partial charge in [0, 0.05) is 11.8 Å². The topological polar surface area (TPSA) is 58.2 Å². The lowest BCUT2D eigenvalue weighted by atomic mass is 10.1. The van der Waals surface area contributed by atoms with E-state index >= 15 is 0 Å². The summed E-state index contributed by atoms with van der Waals surface area (Å²) in [5.74, 6) is 0.561. The van der Waals surface area contributed by atoms with E-state index in [0.717, 1.165) is 18.4 Å². The Hall–Kier alpha value is -3.40. The quantitative estimate of drug-likeness (QED) is 0.565. The van der Waals surface area contributed by atoms with Crippen LogP contribution in [-0.2, 0) is 9.59 Å². The maximum absolute atomic E-state index is 12.9. The zero-order valence-corrected chi connectivity index (χ0v) is 17.5. The zero-order chi connectivity index (χ0) is 21.4. The van der Waals surface area contributed by atoms with Gasteiger partial charge in [-0.3, -0.25) is 9.59 Å². The molecule has 4 atom stereocenters. The van der Waals surface area contributed by atoms with Crippen molar-refractivity contribution in [1.82, 2.24) is 0 Å². The number of benzene rings is 3. The molecule has 0 aromatic heterocycles. The van der Waals surface area contributed by atoms with Gasteiger partial charge in [0.2, 0.25) is 11.8 Å². The third-order valence-corrected chi connectivity index (χ3v) is 6.40. The summed E-state index contributed by atoms with van der Waals surface area (Å²) in [6, 6.07) is 26.1. The molecule has 0 radical (unpaired) electrons. The molecule has 0 unspecified atom stereocenters. The van der Waals surface area contributed by atoms with E-state index in [1.807, 2.05) is 61.5 Å². The Morgan fingerprint density at radius 2 is 1.16 bits per heavy atom. The molecule has 0 saturated heterocycles. The number of carbonyl (C=O) groups excluding carboxylic acids is 2. The van der Waals surface area contributed by atoms with Crippen molar-refractivity contribution in [2.75, 3.05) is 10.6 Å². The summed E-state index contributed by atoms with van der Waals surface area (Å²) >= 11 is 0. The highest BCUT2D eigenvalue weighted by Gasteiger charge is 2.45. The van der Waals surface area contributed by atoms with E-state index in [0.29, 0.717) is 11.4 Å². The van der Waals surface area contributed by atoms with Crippen LogP contribution in [0.4, 0.5) is 11.4 Å². The van der Waals surface area contributed by atoms with Gasteiger partial charge >= 0.3 is 0 Å². The Bertz CT molecular complexity index is 1110. The summed E-state index contributed by atoms with van der Waals surface area (Å²) in [6.45, 7) is 1.98. The van der Waals surface area contributed by atoms with Crippen molar-refractivity contribution in [2.24, 2.45) is 11.8 Å². The average Bonchev–Trinajstić information content (AvgIpc) is 3.70. The van der Waals surface area contributed by atoms with E-state index in [-0.39, 0.29) is 35.5 Å². The normalized spacial score (nSPS) is 23.6. The number of hydrogen-bond acceptors (Lipinski definition) is 2. The standard InChI is InChI=1S/C27H26N2O2/c1-17-12-13-24(28-26(30)22-15-20(22)18-8-4-2-5-9-18)25(14-17)29-27(31)23-16-21(23)19-10-6-3-7-11-19/h2-14,20-23H,15-16H2,1H3,(H,28,30)(H,29,31)/t20-,21-,22-,23-/m1/s1. The third-order valence-electron chi connectivity index (χ3n) is 6.40. The van der Waals surface area contributed by atoms with E-state index in [2.05, 4.69) is 34.9 Å². The lowest BCUT2D eigenvalue weighted by molar-refractivity contribution is -0.118. The molecule has 0 bridgehead atoms. The first-order valence-corrected chi connectivity index (χ1v) is 10.9. The molecule has 156 valence electrons. The van der Waals surface area contributed by atoms with Gasteiger partial charge < -0.3 is 10.6 Å². The first-order valence-electron chi connectivity index (χ1n) is 10.9. The smallest absolute Gasteiger partial charge is 0.228 e. The molecular weight excluding hydrogens is 384 g/mol. The summed E-state index contributed by atoms with van der Waals surface area (Å²) < 4.78 is 0. The van der Waals surface area contributed by atoms with Crippen LogP contribution in [0.1, 0.15) is 41.4 Å². The first kappa shape index (κ1) is 19.6. The maximum atomic E-state index is 12.9. The average molecular weight is 411 g/mol. The van der Waals surface area contributed by atoms with E-state index in [1.165, 1.54) is 11.1 Å². The van der Waals surface area contributed by atoms with Gasteiger partial charge in [-0.15, -0.1) is 0 Å². The highest BCUT2D eigenvalue weighted by atomic mass is 16.2. The molecule has 3 aromatic rings. The molecule has 31 heavy (non-hydrogen) atoms. The second-order valence-electron chi connectivity index (χ2n) is 8.75. The Morgan fingerprint density at radius 1 is 0.677 bits per heavy atom. The van der Waals surface area contributed by atoms with Crippen molar-refractivity contribution in [2.45, 2.75) is 31.6 Å². The minimum Gasteiger partial charge on any atom is -0.324 e. The van der Waals surface area contributed by atoms with Crippen molar-refractivity contribution in [1.29, 1.82) is 0 Å². The Kier molecular flexibility index (Phi) is 5.06. The van der Waals surface area contributed by atoms with Crippen LogP contribution in [-0.4, -0.2) is 11.8 Å². The highest BCUT2D eigenvalue weighted by molar-refractivity contribution is 6.02. The summed E-state index contributed by atoms with van der Waals surface area (Å²) in [7, 11) is 0. The second-order valence-corrected chi connectivity index (χ2v) is 8.75. The van der Waals surface area contributed by atoms with Crippen LogP contribution in [0.2, 0.25) is 0 Å². The number of aryl methyl sites for hydroxylation is 1. The fourth-order valence-electron chi connectivity index (χ4n) is 4.43. The second kappa shape index (κ2) is 8.03. The maximum Gasteiger partial charge on any atom is 0.228 e. The molecule has 0 aliphatic heterocycles. The summed E-state index contributed by atoms with van der Waals surface area (Å²) in [6.07, 6.45) is 1.73. The number of nitrogens with one attached hydrogen (secondary N) is 2. The SMILES string of the molecule is Cc1ccc(NC(=O)[C@@H]2C[C@@H]2c2ccccc2)c(NC(=O)[C@@H]2C[C@@H]2c2ccccc2)c1. The van der Waals surface area contributed by atoms with Crippen LogP contribution in [0, 0.1) is 18.8 Å². The van der Waals surface area contributed by atoms with Crippen LogP contribution in [0.15, 0.2) is 78.9 Å². The minimum absolute atomic E-state index is 0.0155. The van der Waals surface area contributed by atoms with Crippen LogP contribution < -0.4 is 10.6 Å². The van der Waals surface area contributed by atoms with Gasteiger partial charge in [-0.2, -0.15) is 0 Å². The van der Waals surface area contributed by atoms with Gasteiger partial charge in [0.25, 0.3) is 0 Å². The van der Waals surface area contributed by atoms with Crippen molar-refractivity contribution >= 4 is 23.2 Å². The molecule has 4 nitrogen and oxygen atoms in total. The van der Waals surface area contributed by atoms with Gasteiger partial charge in [-0.1, -0.05) is 66.7 Å². The van der Waals surface area contributed by atoms with Gasteiger partial charge in [0.05, 0.1) is 11.4 Å². The molecule has 0 heterocycles.